The van der Waals surface area contributed by atoms with E-state index in [1.807, 2.05) is 19.2 Å². The summed E-state index contributed by atoms with van der Waals surface area (Å²) in [5, 5.41) is 14.2. The summed E-state index contributed by atoms with van der Waals surface area (Å²) in [6.45, 7) is 0. The minimum absolute atomic E-state index is 0.250. The van der Waals surface area contributed by atoms with Gasteiger partial charge in [-0.05, 0) is 25.0 Å². The zero-order valence-corrected chi connectivity index (χ0v) is 9.09. The van der Waals surface area contributed by atoms with Crippen LogP contribution in [0.2, 0.25) is 0 Å². The summed E-state index contributed by atoms with van der Waals surface area (Å²) in [4.78, 5) is 4.49. The number of aromatic nitrogens is 3. The number of aromatic hydroxyl groups is 1. The highest BCUT2D eigenvalue weighted by molar-refractivity contribution is 5.63. The fourth-order valence-corrected chi connectivity index (χ4v) is 1.82. The Hall–Kier alpha value is -1.84. The van der Waals surface area contributed by atoms with Gasteiger partial charge >= 0.3 is 0 Å². The van der Waals surface area contributed by atoms with Crippen molar-refractivity contribution in [3.05, 3.63) is 30.1 Å². The molecule has 2 aromatic rings. The first-order valence-corrected chi connectivity index (χ1v) is 5.45. The fraction of sp³-hybridized carbons (Fsp3) is 0.333. The molecule has 0 bridgehead atoms. The van der Waals surface area contributed by atoms with Gasteiger partial charge in [-0.1, -0.05) is 12.1 Å². The van der Waals surface area contributed by atoms with E-state index in [9.17, 15) is 5.11 Å². The zero-order chi connectivity index (χ0) is 11.1. The minimum Gasteiger partial charge on any atom is -0.507 e. The second-order valence-corrected chi connectivity index (χ2v) is 4.21. The molecule has 4 heteroatoms. The monoisotopic (exact) mass is 215 g/mol. The summed E-state index contributed by atoms with van der Waals surface area (Å²) in [5.74, 6) is 2.42. The lowest BCUT2D eigenvalue weighted by atomic mass is 10.2. The van der Waals surface area contributed by atoms with E-state index in [4.69, 9.17) is 0 Å². The van der Waals surface area contributed by atoms with Gasteiger partial charge in [-0.2, -0.15) is 5.10 Å². The lowest BCUT2D eigenvalue weighted by molar-refractivity contribution is 0.476. The van der Waals surface area contributed by atoms with Gasteiger partial charge in [0.15, 0.2) is 11.6 Å². The normalized spacial score (nSPS) is 15.3. The first kappa shape index (κ1) is 9.39. The summed E-state index contributed by atoms with van der Waals surface area (Å²) < 4.78 is 1.74. The van der Waals surface area contributed by atoms with Crippen LogP contribution in [0.1, 0.15) is 24.6 Å². The molecule has 1 aromatic heterocycles. The topological polar surface area (TPSA) is 50.9 Å². The van der Waals surface area contributed by atoms with E-state index in [1.54, 1.807) is 16.8 Å². The van der Waals surface area contributed by atoms with Crippen LogP contribution in [0.5, 0.6) is 5.75 Å². The van der Waals surface area contributed by atoms with Crippen LogP contribution >= 0.6 is 0 Å². The Morgan fingerprint density at radius 1 is 1.31 bits per heavy atom. The van der Waals surface area contributed by atoms with Crippen molar-refractivity contribution in [2.24, 2.45) is 7.05 Å². The summed E-state index contributed by atoms with van der Waals surface area (Å²) in [7, 11) is 1.86. The van der Waals surface area contributed by atoms with Crippen LogP contribution in [0.25, 0.3) is 11.4 Å². The highest BCUT2D eigenvalue weighted by Crippen LogP contribution is 2.39. The van der Waals surface area contributed by atoms with Gasteiger partial charge in [0.05, 0.1) is 5.56 Å². The van der Waals surface area contributed by atoms with Gasteiger partial charge in [0, 0.05) is 13.0 Å². The molecule has 3 rings (SSSR count). The van der Waals surface area contributed by atoms with Gasteiger partial charge in [0.2, 0.25) is 0 Å². The molecular formula is C12H13N3O. The maximum Gasteiger partial charge on any atom is 0.161 e. The molecule has 1 saturated carbocycles. The van der Waals surface area contributed by atoms with Crippen molar-refractivity contribution in [1.82, 2.24) is 14.8 Å². The first-order valence-electron chi connectivity index (χ1n) is 5.45. The number of aryl methyl sites for hydroxylation is 1. The second kappa shape index (κ2) is 3.33. The Morgan fingerprint density at radius 3 is 2.75 bits per heavy atom. The molecular weight excluding hydrogens is 202 g/mol. The summed E-state index contributed by atoms with van der Waals surface area (Å²) in [5.41, 5.74) is 0.740. The third-order valence-electron chi connectivity index (χ3n) is 2.87. The number of para-hydroxylation sites is 1. The molecule has 1 fully saturated rings. The number of hydrogen-bond donors (Lipinski definition) is 1. The van der Waals surface area contributed by atoms with Crippen LogP contribution in [0.4, 0.5) is 0 Å². The number of phenols is 1. The van der Waals surface area contributed by atoms with E-state index in [1.165, 1.54) is 12.8 Å². The third kappa shape index (κ3) is 1.46. The third-order valence-corrected chi connectivity index (χ3v) is 2.87. The largest absolute Gasteiger partial charge is 0.507 e. The molecule has 4 nitrogen and oxygen atoms in total. The highest BCUT2D eigenvalue weighted by Gasteiger charge is 2.28. The lowest BCUT2D eigenvalue weighted by Crippen LogP contribution is -1.94. The van der Waals surface area contributed by atoms with Crippen LogP contribution in [-0.4, -0.2) is 19.9 Å². The van der Waals surface area contributed by atoms with Crippen LogP contribution in [-0.2, 0) is 7.05 Å². The molecule has 1 aromatic carbocycles. The quantitative estimate of drug-likeness (QED) is 0.834. The predicted octanol–water partition coefficient (Wildman–Crippen LogP) is 2.07. The number of phenolic OH excluding ortho intramolecular Hbond substituents is 1. The number of hydrogen-bond acceptors (Lipinski definition) is 3. The van der Waals surface area contributed by atoms with Crippen molar-refractivity contribution < 1.29 is 5.11 Å². The molecule has 1 N–H and O–H groups in total. The van der Waals surface area contributed by atoms with E-state index < -0.39 is 0 Å². The first-order chi connectivity index (χ1) is 7.75. The molecule has 0 unspecified atom stereocenters. The van der Waals surface area contributed by atoms with E-state index in [0.29, 0.717) is 5.92 Å². The molecule has 0 aliphatic heterocycles. The van der Waals surface area contributed by atoms with Crippen molar-refractivity contribution in [3.63, 3.8) is 0 Å². The van der Waals surface area contributed by atoms with Crippen LogP contribution in [0, 0.1) is 0 Å². The van der Waals surface area contributed by atoms with Gasteiger partial charge in [-0.15, -0.1) is 0 Å². The Morgan fingerprint density at radius 2 is 2.06 bits per heavy atom. The zero-order valence-electron chi connectivity index (χ0n) is 9.09. The molecule has 0 saturated heterocycles. The Labute approximate surface area is 93.6 Å². The van der Waals surface area contributed by atoms with Crippen LogP contribution in [0.15, 0.2) is 24.3 Å². The Balaban J connectivity index is 2.08. The van der Waals surface area contributed by atoms with Crippen LogP contribution in [0.3, 0.4) is 0 Å². The van der Waals surface area contributed by atoms with E-state index in [2.05, 4.69) is 10.1 Å². The number of benzene rings is 1. The van der Waals surface area contributed by atoms with Gasteiger partial charge in [0.25, 0.3) is 0 Å². The standard InChI is InChI=1S/C12H13N3O/c1-15-12(9-4-2-3-5-10(9)16)13-11(14-15)8-6-7-8/h2-5,8,16H,6-7H2,1H3. The summed E-state index contributed by atoms with van der Waals surface area (Å²) >= 11 is 0. The smallest absolute Gasteiger partial charge is 0.161 e. The van der Waals surface area contributed by atoms with Gasteiger partial charge in [-0.25, -0.2) is 9.67 Å². The maximum absolute atomic E-state index is 9.77. The molecule has 0 radical (unpaired) electrons. The molecule has 16 heavy (non-hydrogen) atoms. The molecule has 1 aliphatic rings. The molecule has 0 spiro atoms. The minimum atomic E-state index is 0.250. The van der Waals surface area contributed by atoms with E-state index >= 15 is 0 Å². The van der Waals surface area contributed by atoms with E-state index in [-0.39, 0.29) is 5.75 Å². The van der Waals surface area contributed by atoms with E-state index in [0.717, 1.165) is 17.2 Å². The predicted molar refractivity (Wildman–Crippen MR) is 60.1 cm³/mol. The molecule has 1 aliphatic carbocycles. The van der Waals surface area contributed by atoms with Gasteiger partial charge in [0.1, 0.15) is 5.75 Å². The Kier molecular flexibility index (Phi) is 1.96. The Bertz CT molecular complexity index is 529. The van der Waals surface area contributed by atoms with Crippen molar-refractivity contribution in [1.29, 1.82) is 0 Å². The summed E-state index contributed by atoms with van der Waals surface area (Å²) in [6, 6.07) is 7.22. The van der Waals surface area contributed by atoms with Crippen LogP contribution < -0.4 is 0 Å². The van der Waals surface area contributed by atoms with Gasteiger partial charge in [-0.3, -0.25) is 0 Å². The van der Waals surface area contributed by atoms with Crippen molar-refractivity contribution >= 4 is 0 Å². The van der Waals surface area contributed by atoms with Crippen molar-refractivity contribution in [2.45, 2.75) is 18.8 Å². The van der Waals surface area contributed by atoms with Crippen molar-refractivity contribution in [3.8, 4) is 17.1 Å². The lowest BCUT2D eigenvalue weighted by Gasteiger charge is -2.01. The average Bonchev–Trinajstić information content (AvgIpc) is 3.04. The highest BCUT2D eigenvalue weighted by atomic mass is 16.3. The summed E-state index contributed by atoms with van der Waals surface area (Å²) in [6.07, 6.45) is 2.37. The number of rotatable bonds is 2. The van der Waals surface area contributed by atoms with Crippen molar-refractivity contribution in [2.75, 3.05) is 0 Å². The SMILES string of the molecule is Cn1nc(C2CC2)nc1-c1ccccc1O. The molecule has 82 valence electrons. The molecule has 1 heterocycles. The second-order valence-electron chi connectivity index (χ2n) is 4.21. The van der Waals surface area contributed by atoms with Gasteiger partial charge < -0.3 is 5.11 Å². The molecule has 0 atom stereocenters. The average molecular weight is 215 g/mol. The molecule has 0 amide bonds. The fourth-order valence-electron chi connectivity index (χ4n) is 1.82. The maximum atomic E-state index is 9.77. The number of nitrogens with zero attached hydrogens (tertiary/aromatic N) is 3.